The van der Waals surface area contributed by atoms with Gasteiger partial charge in [-0.15, -0.1) is 0 Å². The largest absolute Gasteiger partial charge is 0.494 e. The molecule has 0 aliphatic carbocycles. The number of carboxylic acid groups (broad SMARTS) is 1. The van der Waals surface area contributed by atoms with E-state index in [-0.39, 0.29) is 25.3 Å². The molecule has 1 aromatic rings. The van der Waals surface area contributed by atoms with Crippen molar-refractivity contribution in [3.63, 3.8) is 0 Å². The summed E-state index contributed by atoms with van der Waals surface area (Å²) in [6, 6.07) is 3.98. The molecule has 0 saturated heterocycles. The molecule has 0 aromatic heterocycles. The second-order valence-electron chi connectivity index (χ2n) is 4.19. The molecule has 7 heteroatoms. The molecule has 1 rings (SSSR count). The number of urea groups is 1. The zero-order valence-corrected chi connectivity index (χ0v) is 11.4. The zero-order valence-electron chi connectivity index (χ0n) is 11.4. The fourth-order valence-electron chi connectivity index (χ4n) is 1.50. The Bertz CT molecular complexity index is 493. The summed E-state index contributed by atoms with van der Waals surface area (Å²) in [5, 5.41) is 11.1. The highest BCUT2D eigenvalue weighted by Gasteiger charge is 2.10. The molecule has 0 spiro atoms. The van der Waals surface area contributed by atoms with Gasteiger partial charge in [-0.3, -0.25) is 4.79 Å². The summed E-state index contributed by atoms with van der Waals surface area (Å²) in [7, 11) is 2.87. The molecule has 0 atom stereocenters. The molecule has 1 aromatic carbocycles. The van der Waals surface area contributed by atoms with Crippen molar-refractivity contribution in [2.24, 2.45) is 0 Å². The molecule has 2 N–H and O–H groups in total. The molecular weight excluding hydrogens is 267 g/mol. The molecule has 110 valence electrons. The SMILES string of the molecule is COc1ccc(CNC(=O)N(C)CCC(=O)O)cc1F. The number of methoxy groups -OCH3 is 1. The van der Waals surface area contributed by atoms with Gasteiger partial charge in [0.05, 0.1) is 13.5 Å². The standard InChI is InChI=1S/C13H17FN2O4/c1-16(6-5-12(17)18)13(19)15-8-9-3-4-11(20-2)10(14)7-9/h3-4,7H,5-6,8H2,1-2H3,(H,15,19)(H,17,18). The van der Waals surface area contributed by atoms with Crippen LogP contribution in [0.4, 0.5) is 9.18 Å². The number of hydrogen-bond acceptors (Lipinski definition) is 3. The molecule has 6 nitrogen and oxygen atoms in total. The summed E-state index contributed by atoms with van der Waals surface area (Å²) in [5.74, 6) is -1.33. The maximum atomic E-state index is 13.4. The minimum atomic E-state index is -0.970. The predicted octanol–water partition coefficient (Wildman–Crippen LogP) is 1.45. The fourth-order valence-corrected chi connectivity index (χ4v) is 1.50. The van der Waals surface area contributed by atoms with Gasteiger partial charge < -0.3 is 20.1 Å². The zero-order chi connectivity index (χ0) is 15.1. The fraction of sp³-hybridized carbons (Fsp3) is 0.385. The van der Waals surface area contributed by atoms with Crippen molar-refractivity contribution >= 4 is 12.0 Å². The number of amides is 2. The molecule has 20 heavy (non-hydrogen) atoms. The second-order valence-corrected chi connectivity index (χ2v) is 4.19. The Hall–Kier alpha value is -2.31. The van der Waals surface area contributed by atoms with Crippen molar-refractivity contribution in [3.05, 3.63) is 29.6 Å². The lowest BCUT2D eigenvalue weighted by atomic mass is 10.2. The highest BCUT2D eigenvalue weighted by Crippen LogP contribution is 2.17. The maximum Gasteiger partial charge on any atom is 0.317 e. The first-order valence-electron chi connectivity index (χ1n) is 5.97. The van der Waals surface area contributed by atoms with E-state index < -0.39 is 17.8 Å². The molecule has 0 heterocycles. The van der Waals surface area contributed by atoms with Crippen LogP contribution >= 0.6 is 0 Å². The molecule has 2 amide bonds. The van der Waals surface area contributed by atoms with Crippen LogP contribution in [0, 0.1) is 5.82 Å². The van der Waals surface area contributed by atoms with Crippen LogP contribution in [0.2, 0.25) is 0 Å². The quantitative estimate of drug-likeness (QED) is 0.828. The van der Waals surface area contributed by atoms with E-state index in [4.69, 9.17) is 9.84 Å². The van der Waals surface area contributed by atoms with E-state index in [2.05, 4.69) is 5.32 Å². The third kappa shape index (κ3) is 4.75. The number of nitrogens with one attached hydrogen (secondary N) is 1. The van der Waals surface area contributed by atoms with Gasteiger partial charge in [0, 0.05) is 20.1 Å². The van der Waals surface area contributed by atoms with Crippen LogP contribution in [0.15, 0.2) is 18.2 Å². The molecule has 0 saturated carbocycles. The Morgan fingerprint density at radius 1 is 1.45 bits per heavy atom. The lowest BCUT2D eigenvalue weighted by Crippen LogP contribution is -2.38. The second kappa shape index (κ2) is 7.32. The van der Waals surface area contributed by atoms with Crippen LogP contribution in [0.25, 0.3) is 0 Å². The topological polar surface area (TPSA) is 78.9 Å². The average Bonchev–Trinajstić information content (AvgIpc) is 2.42. The molecule has 0 aliphatic heterocycles. The van der Waals surface area contributed by atoms with Crippen molar-refractivity contribution in [1.82, 2.24) is 10.2 Å². The Labute approximate surface area is 116 Å². The van der Waals surface area contributed by atoms with Crippen LogP contribution in [-0.2, 0) is 11.3 Å². The first-order chi connectivity index (χ1) is 9.43. The average molecular weight is 284 g/mol. The predicted molar refractivity (Wildman–Crippen MR) is 70.1 cm³/mol. The van der Waals surface area contributed by atoms with Crippen molar-refractivity contribution < 1.29 is 23.8 Å². The number of halogens is 1. The Morgan fingerprint density at radius 3 is 2.70 bits per heavy atom. The van der Waals surface area contributed by atoms with Gasteiger partial charge in [0.15, 0.2) is 11.6 Å². The molecule has 0 bridgehead atoms. The van der Waals surface area contributed by atoms with Crippen LogP contribution in [0.5, 0.6) is 5.75 Å². The molecule has 0 aliphatic rings. The van der Waals surface area contributed by atoms with Crippen LogP contribution in [0.1, 0.15) is 12.0 Å². The normalized spacial score (nSPS) is 9.95. The minimum Gasteiger partial charge on any atom is -0.494 e. The number of carboxylic acids is 1. The minimum absolute atomic E-state index is 0.109. The first kappa shape index (κ1) is 15.7. The number of rotatable bonds is 6. The van der Waals surface area contributed by atoms with E-state index in [0.29, 0.717) is 5.56 Å². The van der Waals surface area contributed by atoms with Gasteiger partial charge in [0.25, 0.3) is 0 Å². The summed E-state index contributed by atoms with van der Waals surface area (Å²) in [6.45, 7) is 0.259. The van der Waals surface area contributed by atoms with E-state index in [1.165, 1.54) is 31.2 Å². The van der Waals surface area contributed by atoms with Gasteiger partial charge in [0.2, 0.25) is 0 Å². The summed E-state index contributed by atoms with van der Waals surface area (Å²) in [5.41, 5.74) is 0.586. The van der Waals surface area contributed by atoms with E-state index in [9.17, 15) is 14.0 Å². The van der Waals surface area contributed by atoms with E-state index in [1.54, 1.807) is 6.07 Å². The third-order valence-corrected chi connectivity index (χ3v) is 2.67. The lowest BCUT2D eigenvalue weighted by molar-refractivity contribution is -0.137. The van der Waals surface area contributed by atoms with Crippen molar-refractivity contribution in [1.29, 1.82) is 0 Å². The number of benzene rings is 1. The molecule has 0 unspecified atom stereocenters. The number of carbonyl (C=O) groups excluding carboxylic acids is 1. The summed E-state index contributed by atoms with van der Waals surface area (Å²) in [6.07, 6.45) is -0.124. The molecular formula is C13H17FN2O4. The molecule has 0 fully saturated rings. The lowest BCUT2D eigenvalue weighted by Gasteiger charge is -2.17. The Kier molecular flexibility index (Phi) is 5.76. The van der Waals surface area contributed by atoms with Crippen molar-refractivity contribution in [3.8, 4) is 5.75 Å². The highest BCUT2D eigenvalue weighted by molar-refractivity contribution is 5.75. The number of nitrogens with zero attached hydrogens (tertiary/aromatic N) is 1. The number of hydrogen-bond donors (Lipinski definition) is 2. The van der Waals surface area contributed by atoms with Crippen LogP contribution in [-0.4, -0.2) is 42.7 Å². The van der Waals surface area contributed by atoms with E-state index >= 15 is 0 Å². The summed E-state index contributed by atoms with van der Waals surface area (Å²) in [4.78, 5) is 23.3. The van der Waals surface area contributed by atoms with Gasteiger partial charge in [-0.05, 0) is 17.7 Å². The number of carbonyl (C=O) groups is 2. The maximum absolute atomic E-state index is 13.4. The van der Waals surface area contributed by atoms with Gasteiger partial charge in [0.1, 0.15) is 0 Å². The Balaban J connectivity index is 2.48. The van der Waals surface area contributed by atoms with E-state index in [1.807, 2.05) is 0 Å². The third-order valence-electron chi connectivity index (χ3n) is 2.67. The monoisotopic (exact) mass is 284 g/mol. The molecule has 0 radical (unpaired) electrons. The van der Waals surface area contributed by atoms with Crippen molar-refractivity contribution in [2.75, 3.05) is 20.7 Å². The number of aliphatic carboxylic acids is 1. The smallest absolute Gasteiger partial charge is 0.317 e. The Morgan fingerprint density at radius 2 is 2.15 bits per heavy atom. The van der Waals surface area contributed by atoms with Gasteiger partial charge >= 0.3 is 12.0 Å². The number of ether oxygens (including phenoxy) is 1. The summed E-state index contributed by atoms with van der Waals surface area (Å²) < 4.78 is 18.2. The van der Waals surface area contributed by atoms with Gasteiger partial charge in [-0.2, -0.15) is 0 Å². The van der Waals surface area contributed by atoms with Crippen LogP contribution in [0.3, 0.4) is 0 Å². The highest BCUT2D eigenvalue weighted by atomic mass is 19.1. The van der Waals surface area contributed by atoms with E-state index in [0.717, 1.165) is 0 Å². The van der Waals surface area contributed by atoms with Crippen LogP contribution < -0.4 is 10.1 Å². The van der Waals surface area contributed by atoms with Gasteiger partial charge in [-0.1, -0.05) is 6.07 Å². The van der Waals surface area contributed by atoms with Crippen molar-refractivity contribution in [2.45, 2.75) is 13.0 Å². The summed E-state index contributed by atoms with van der Waals surface area (Å²) >= 11 is 0. The first-order valence-corrected chi connectivity index (χ1v) is 5.97. The van der Waals surface area contributed by atoms with Gasteiger partial charge in [-0.25, -0.2) is 9.18 Å².